The maximum atomic E-state index is 14.6. The van der Waals surface area contributed by atoms with Crippen molar-refractivity contribution in [3.63, 3.8) is 0 Å². The van der Waals surface area contributed by atoms with E-state index in [-0.39, 0.29) is 29.2 Å². The van der Waals surface area contributed by atoms with Gasteiger partial charge in [0, 0.05) is 28.3 Å². The quantitative estimate of drug-likeness (QED) is 0.213. The van der Waals surface area contributed by atoms with Crippen molar-refractivity contribution in [3.8, 4) is 23.1 Å². The van der Waals surface area contributed by atoms with E-state index in [2.05, 4.69) is 27.2 Å². The Kier molecular flexibility index (Phi) is 8.00. The van der Waals surface area contributed by atoms with E-state index in [4.69, 9.17) is 16.0 Å². The minimum absolute atomic E-state index is 0.0544. The molecule has 0 radical (unpaired) electrons. The predicted molar refractivity (Wildman–Crippen MR) is 163 cm³/mol. The lowest BCUT2D eigenvalue weighted by molar-refractivity contribution is 0.0944. The molecule has 212 valence electrons. The number of aromatic nitrogens is 4. The third-order valence-electron chi connectivity index (χ3n) is 6.35. The maximum Gasteiger partial charge on any atom is 0.283 e. The van der Waals surface area contributed by atoms with Crippen molar-refractivity contribution in [2.75, 3.05) is 5.32 Å². The van der Waals surface area contributed by atoms with Gasteiger partial charge in [0.2, 0.25) is 5.89 Å². The standard InChI is InChI=1S/C32H21ClFN5O3S/c33-28-13-12-23(43-28)18-36-29-17-27(37-39(29)32(41)24-8-4-5-9-26(24)34)25-16-22(11-10-21-6-2-1-3-7-21)19-38(31(25)40)20-30-35-14-15-42-30/h1-9,12-17,19,36H,18,20H2. The molecule has 4 heterocycles. The Balaban J connectivity index is 1.46. The first kappa shape index (κ1) is 27.9. The molecule has 0 amide bonds. The van der Waals surface area contributed by atoms with E-state index in [1.54, 1.807) is 30.5 Å². The molecule has 0 atom stereocenters. The minimum Gasteiger partial charge on any atom is -0.447 e. The second-order valence-electron chi connectivity index (χ2n) is 9.29. The molecule has 1 N–H and O–H groups in total. The topological polar surface area (TPSA) is 94.9 Å². The first-order chi connectivity index (χ1) is 20.9. The minimum atomic E-state index is -0.698. The van der Waals surface area contributed by atoms with Crippen LogP contribution in [0.25, 0.3) is 11.3 Å². The largest absolute Gasteiger partial charge is 0.447 e. The number of pyridine rings is 1. The smallest absolute Gasteiger partial charge is 0.283 e. The molecule has 0 bridgehead atoms. The Bertz CT molecular complexity index is 2040. The van der Waals surface area contributed by atoms with Gasteiger partial charge in [0.25, 0.3) is 11.5 Å². The maximum absolute atomic E-state index is 14.6. The van der Waals surface area contributed by atoms with Crippen LogP contribution in [-0.2, 0) is 13.1 Å². The lowest BCUT2D eigenvalue weighted by Crippen LogP contribution is -2.23. The summed E-state index contributed by atoms with van der Waals surface area (Å²) in [4.78, 5) is 32.3. The number of carbonyl (C=O) groups is 1. The van der Waals surface area contributed by atoms with Gasteiger partial charge in [-0.1, -0.05) is 53.8 Å². The first-order valence-corrected chi connectivity index (χ1v) is 14.2. The van der Waals surface area contributed by atoms with Crippen molar-refractivity contribution >= 4 is 34.7 Å². The second-order valence-corrected chi connectivity index (χ2v) is 11.1. The Morgan fingerprint density at radius 1 is 1.02 bits per heavy atom. The van der Waals surface area contributed by atoms with Crippen molar-refractivity contribution in [3.05, 3.63) is 145 Å². The molecule has 11 heteroatoms. The molecule has 0 aliphatic carbocycles. The fourth-order valence-corrected chi connectivity index (χ4v) is 5.34. The average Bonchev–Trinajstić information content (AvgIpc) is 3.78. The van der Waals surface area contributed by atoms with Gasteiger partial charge in [-0.05, 0) is 42.5 Å². The zero-order chi connectivity index (χ0) is 29.8. The van der Waals surface area contributed by atoms with Gasteiger partial charge in [-0.3, -0.25) is 9.59 Å². The van der Waals surface area contributed by atoms with E-state index in [0.29, 0.717) is 22.3 Å². The van der Waals surface area contributed by atoms with Crippen molar-refractivity contribution in [1.82, 2.24) is 19.3 Å². The first-order valence-electron chi connectivity index (χ1n) is 13.0. The van der Waals surface area contributed by atoms with Gasteiger partial charge in [0.05, 0.1) is 28.2 Å². The average molecular weight is 610 g/mol. The van der Waals surface area contributed by atoms with Crippen molar-refractivity contribution in [2.24, 2.45) is 0 Å². The van der Waals surface area contributed by atoms with Crippen LogP contribution >= 0.6 is 22.9 Å². The van der Waals surface area contributed by atoms with E-state index < -0.39 is 17.3 Å². The van der Waals surface area contributed by atoms with E-state index in [9.17, 15) is 14.0 Å². The van der Waals surface area contributed by atoms with E-state index in [1.807, 2.05) is 36.4 Å². The molecule has 0 aliphatic heterocycles. The molecule has 8 nitrogen and oxygen atoms in total. The summed E-state index contributed by atoms with van der Waals surface area (Å²) in [5, 5.41) is 7.67. The molecular weight excluding hydrogens is 589 g/mol. The molecule has 0 spiro atoms. The van der Waals surface area contributed by atoms with Gasteiger partial charge in [-0.15, -0.1) is 11.3 Å². The van der Waals surface area contributed by atoms with Crippen LogP contribution in [0.4, 0.5) is 10.2 Å². The normalized spacial score (nSPS) is 10.7. The van der Waals surface area contributed by atoms with Crippen LogP contribution in [-0.4, -0.2) is 25.2 Å². The number of rotatable bonds is 7. The zero-order valence-corrected chi connectivity index (χ0v) is 23.9. The highest BCUT2D eigenvalue weighted by Crippen LogP contribution is 2.25. The number of hydrogen-bond donors (Lipinski definition) is 1. The molecule has 0 unspecified atom stereocenters. The lowest BCUT2D eigenvalue weighted by atomic mass is 10.1. The van der Waals surface area contributed by atoms with Gasteiger partial charge in [0.1, 0.15) is 30.1 Å². The molecular formula is C32H21ClFN5O3S. The van der Waals surface area contributed by atoms with Crippen LogP contribution in [0, 0.1) is 17.7 Å². The van der Waals surface area contributed by atoms with Crippen LogP contribution in [0.15, 0.2) is 107 Å². The van der Waals surface area contributed by atoms with Crippen LogP contribution in [0.3, 0.4) is 0 Å². The monoisotopic (exact) mass is 609 g/mol. The highest BCUT2D eigenvalue weighted by molar-refractivity contribution is 7.16. The van der Waals surface area contributed by atoms with Gasteiger partial charge in [-0.2, -0.15) is 9.78 Å². The summed E-state index contributed by atoms with van der Waals surface area (Å²) < 4.78 is 23.1. The van der Waals surface area contributed by atoms with Gasteiger partial charge in [0.15, 0.2) is 0 Å². The second kappa shape index (κ2) is 12.3. The number of anilines is 1. The fourth-order valence-electron chi connectivity index (χ4n) is 4.31. The van der Waals surface area contributed by atoms with Gasteiger partial charge < -0.3 is 14.3 Å². The molecule has 0 saturated carbocycles. The number of benzene rings is 2. The number of nitrogens with one attached hydrogen (secondary N) is 1. The van der Waals surface area contributed by atoms with Crippen molar-refractivity contribution < 1.29 is 13.6 Å². The molecule has 2 aromatic carbocycles. The van der Waals surface area contributed by atoms with E-state index >= 15 is 0 Å². The van der Waals surface area contributed by atoms with Crippen LogP contribution < -0.4 is 10.9 Å². The Morgan fingerprint density at radius 3 is 2.56 bits per heavy atom. The van der Waals surface area contributed by atoms with Crippen molar-refractivity contribution in [1.29, 1.82) is 0 Å². The number of thiophene rings is 1. The SMILES string of the molecule is O=C(c1ccccc1F)n1nc(-c2cc(C#Cc3ccccc3)cn(Cc3ncco3)c2=O)cc1NCc1ccc(Cl)s1. The number of carbonyl (C=O) groups excluding carboxylic acids is 1. The number of hydrogen-bond acceptors (Lipinski definition) is 7. The van der Waals surface area contributed by atoms with E-state index in [0.717, 1.165) is 15.1 Å². The molecule has 6 aromatic rings. The molecule has 0 aliphatic rings. The fraction of sp³-hybridized carbons (Fsp3) is 0.0625. The van der Waals surface area contributed by atoms with Crippen molar-refractivity contribution in [2.45, 2.75) is 13.1 Å². The molecule has 0 fully saturated rings. The summed E-state index contributed by atoms with van der Waals surface area (Å²) in [5.41, 5.74) is 1.16. The predicted octanol–water partition coefficient (Wildman–Crippen LogP) is 6.30. The summed E-state index contributed by atoms with van der Waals surface area (Å²) in [6.07, 6.45) is 4.54. The van der Waals surface area contributed by atoms with Crippen LogP contribution in [0.2, 0.25) is 4.34 Å². The number of halogens is 2. The van der Waals surface area contributed by atoms with Gasteiger partial charge >= 0.3 is 0 Å². The Labute approximate surface area is 254 Å². The molecule has 43 heavy (non-hydrogen) atoms. The third kappa shape index (κ3) is 6.33. The highest BCUT2D eigenvalue weighted by atomic mass is 35.5. The number of nitrogens with zero attached hydrogens (tertiary/aromatic N) is 4. The molecule has 6 rings (SSSR count). The zero-order valence-electron chi connectivity index (χ0n) is 22.3. The summed E-state index contributed by atoms with van der Waals surface area (Å²) in [5.74, 6) is 5.42. The van der Waals surface area contributed by atoms with Crippen LogP contribution in [0.5, 0.6) is 0 Å². The summed E-state index contributed by atoms with van der Waals surface area (Å²) >= 11 is 7.47. The summed E-state index contributed by atoms with van der Waals surface area (Å²) in [6.45, 7) is 0.378. The van der Waals surface area contributed by atoms with E-state index in [1.165, 1.54) is 46.6 Å². The highest BCUT2D eigenvalue weighted by Gasteiger charge is 2.22. The molecule has 4 aromatic heterocycles. The molecule has 0 saturated heterocycles. The third-order valence-corrected chi connectivity index (χ3v) is 7.59. The Hall–Kier alpha value is -5.24. The van der Waals surface area contributed by atoms with Gasteiger partial charge in [-0.25, -0.2) is 9.37 Å². The van der Waals surface area contributed by atoms with Crippen LogP contribution in [0.1, 0.15) is 32.3 Å². The lowest BCUT2D eigenvalue weighted by Gasteiger charge is -2.08. The summed E-state index contributed by atoms with van der Waals surface area (Å²) in [7, 11) is 0. The Morgan fingerprint density at radius 2 is 1.81 bits per heavy atom. The number of oxazole rings is 1. The summed E-state index contributed by atoms with van der Waals surface area (Å²) in [6, 6.07) is 21.9.